The van der Waals surface area contributed by atoms with E-state index >= 15 is 0 Å². The number of carbonyl (C=O) groups excluding carboxylic acids is 1. The molecule has 0 bridgehead atoms. The van der Waals surface area contributed by atoms with E-state index in [1.54, 1.807) is 30.6 Å². The quantitative estimate of drug-likeness (QED) is 0.819. The third kappa shape index (κ3) is 4.70. The maximum absolute atomic E-state index is 11.8. The number of methoxy groups -OCH3 is 1. The van der Waals surface area contributed by atoms with E-state index < -0.39 is 0 Å². The molecule has 1 aromatic heterocycles. The minimum Gasteiger partial charge on any atom is -0.375 e. The smallest absolute Gasteiger partial charge is 0.244 e. The third-order valence-electron chi connectivity index (χ3n) is 2.97. The molecule has 1 aromatic carbocycles. The average molecular weight is 322 g/mol. The largest absolute Gasteiger partial charge is 0.375 e. The number of rotatable bonds is 6. The standard InChI is InChI=1S/C16H16ClNO2S/c1-20-15(13-4-2-3-5-14(13)17)10-18-16(19)7-6-12-8-9-21-11-12/h2-9,11,15H,10H2,1H3,(H,18,19)/b7-6+. The second kappa shape index (κ2) is 7.98. The first-order valence-corrected chi connectivity index (χ1v) is 7.78. The van der Waals surface area contributed by atoms with Gasteiger partial charge in [0.2, 0.25) is 5.91 Å². The second-order valence-electron chi connectivity index (χ2n) is 4.38. The lowest BCUT2D eigenvalue weighted by molar-refractivity contribution is -0.117. The molecule has 1 amide bonds. The maximum atomic E-state index is 11.8. The van der Waals surface area contributed by atoms with Gasteiger partial charge in [-0.05, 0) is 34.5 Å². The van der Waals surface area contributed by atoms with Crippen molar-refractivity contribution >= 4 is 34.9 Å². The Morgan fingerprint density at radius 2 is 2.24 bits per heavy atom. The average Bonchev–Trinajstić information content (AvgIpc) is 3.01. The minimum absolute atomic E-state index is 0.157. The van der Waals surface area contributed by atoms with Crippen LogP contribution in [0.25, 0.3) is 6.08 Å². The van der Waals surface area contributed by atoms with Crippen LogP contribution in [0.5, 0.6) is 0 Å². The number of ether oxygens (including phenoxy) is 1. The molecular formula is C16H16ClNO2S. The zero-order valence-corrected chi connectivity index (χ0v) is 13.2. The molecule has 3 nitrogen and oxygen atoms in total. The number of halogens is 1. The summed E-state index contributed by atoms with van der Waals surface area (Å²) in [5, 5.41) is 7.39. The summed E-state index contributed by atoms with van der Waals surface area (Å²) in [6.45, 7) is 0.368. The second-order valence-corrected chi connectivity index (χ2v) is 5.57. The molecule has 21 heavy (non-hydrogen) atoms. The monoisotopic (exact) mass is 321 g/mol. The molecule has 1 atom stereocenters. The lowest BCUT2D eigenvalue weighted by atomic mass is 10.1. The van der Waals surface area contributed by atoms with E-state index in [4.69, 9.17) is 16.3 Å². The van der Waals surface area contributed by atoms with Crippen LogP contribution in [0.4, 0.5) is 0 Å². The number of amides is 1. The van der Waals surface area contributed by atoms with Crippen molar-refractivity contribution in [3.8, 4) is 0 Å². The molecule has 0 fully saturated rings. The van der Waals surface area contributed by atoms with E-state index in [9.17, 15) is 4.79 Å². The summed E-state index contributed by atoms with van der Waals surface area (Å²) in [5.41, 5.74) is 1.88. The number of hydrogen-bond donors (Lipinski definition) is 1. The fraction of sp³-hybridized carbons (Fsp3) is 0.188. The molecule has 0 aliphatic carbocycles. The predicted molar refractivity (Wildman–Crippen MR) is 87.6 cm³/mol. The lowest BCUT2D eigenvalue weighted by Crippen LogP contribution is -2.27. The Hall–Kier alpha value is -1.62. The highest BCUT2D eigenvalue weighted by Gasteiger charge is 2.14. The molecule has 0 radical (unpaired) electrons. The van der Waals surface area contributed by atoms with Gasteiger partial charge in [-0.3, -0.25) is 4.79 Å². The Kier molecular flexibility index (Phi) is 5.99. The highest BCUT2D eigenvalue weighted by Crippen LogP contribution is 2.24. The summed E-state index contributed by atoms with van der Waals surface area (Å²) >= 11 is 7.73. The van der Waals surface area contributed by atoms with Crippen molar-refractivity contribution in [2.24, 2.45) is 0 Å². The van der Waals surface area contributed by atoms with Crippen LogP contribution in [0.15, 0.2) is 47.2 Å². The van der Waals surface area contributed by atoms with Gasteiger partial charge in [0.1, 0.15) is 6.10 Å². The van der Waals surface area contributed by atoms with Gasteiger partial charge in [0.05, 0.1) is 0 Å². The van der Waals surface area contributed by atoms with Crippen LogP contribution >= 0.6 is 22.9 Å². The van der Waals surface area contributed by atoms with Crippen molar-refractivity contribution in [3.05, 3.63) is 63.3 Å². The Labute approximate surface area is 133 Å². The highest BCUT2D eigenvalue weighted by molar-refractivity contribution is 7.08. The van der Waals surface area contributed by atoms with Gasteiger partial charge in [0.25, 0.3) is 0 Å². The molecule has 5 heteroatoms. The van der Waals surface area contributed by atoms with Gasteiger partial charge < -0.3 is 10.1 Å². The summed E-state index contributed by atoms with van der Waals surface area (Å²) in [4.78, 5) is 11.8. The van der Waals surface area contributed by atoms with Crippen molar-refractivity contribution in [2.45, 2.75) is 6.10 Å². The van der Waals surface area contributed by atoms with Crippen molar-refractivity contribution in [2.75, 3.05) is 13.7 Å². The fourth-order valence-electron chi connectivity index (χ4n) is 1.85. The zero-order chi connectivity index (χ0) is 15.1. The Balaban J connectivity index is 1.91. The van der Waals surface area contributed by atoms with E-state index in [2.05, 4.69) is 5.32 Å². The minimum atomic E-state index is -0.266. The van der Waals surface area contributed by atoms with Crippen molar-refractivity contribution in [1.29, 1.82) is 0 Å². The predicted octanol–water partition coefficient (Wildman–Crippen LogP) is 3.92. The summed E-state index contributed by atoms with van der Waals surface area (Å²) in [6.07, 6.45) is 3.03. The van der Waals surface area contributed by atoms with Crippen LogP contribution in [0.2, 0.25) is 5.02 Å². The molecule has 1 heterocycles. The van der Waals surface area contributed by atoms with Crippen molar-refractivity contribution < 1.29 is 9.53 Å². The maximum Gasteiger partial charge on any atom is 0.244 e. The van der Waals surface area contributed by atoms with Crippen LogP contribution in [-0.2, 0) is 9.53 Å². The molecule has 2 aromatic rings. The Morgan fingerprint density at radius 1 is 1.43 bits per heavy atom. The van der Waals surface area contributed by atoms with Gasteiger partial charge in [-0.15, -0.1) is 0 Å². The number of nitrogens with one attached hydrogen (secondary N) is 1. The normalized spacial score (nSPS) is 12.5. The Bertz CT molecular complexity index is 610. The van der Waals surface area contributed by atoms with Crippen LogP contribution in [0.3, 0.4) is 0 Å². The Morgan fingerprint density at radius 3 is 2.90 bits per heavy atom. The summed E-state index contributed by atoms with van der Waals surface area (Å²) in [7, 11) is 1.60. The summed E-state index contributed by atoms with van der Waals surface area (Å²) in [6, 6.07) is 9.41. The van der Waals surface area contributed by atoms with Crippen LogP contribution in [-0.4, -0.2) is 19.6 Å². The zero-order valence-electron chi connectivity index (χ0n) is 11.6. The first-order valence-electron chi connectivity index (χ1n) is 6.46. The molecule has 0 saturated heterocycles. The SMILES string of the molecule is COC(CNC(=O)/C=C/c1ccsc1)c1ccccc1Cl. The number of benzene rings is 1. The third-order valence-corrected chi connectivity index (χ3v) is 4.01. The summed E-state index contributed by atoms with van der Waals surface area (Å²) < 4.78 is 5.40. The highest BCUT2D eigenvalue weighted by atomic mass is 35.5. The van der Waals surface area contributed by atoms with Crippen LogP contribution in [0.1, 0.15) is 17.2 Å². The van der Waals surface area contributed by atoms with Gasteiger partial charge in [0, 0.05) is 30.3 Å². The first kappa shape index (κ1) is 15.8. The topological polar surface area (TPSA) is 38.3 Å². The van der Waals surface area contributed by atoms with Crippen molar-refractivity contribution in [3.63, 3.8) is 0 Å². The van der Waals surface area contributed by atoms with E-state index in [1.165, 1.54) is 6.08 Å². The van der Waals surface area contributed by atoms with Crippen LogP contribution < -0.4 is 5.32 Å². The molecular weight excluding hydrogens is 306 g/mol. The molecule has 0 aliphatic rings. The van der Waals surface area contributed by atoms with E-state index in [0.717, 1.165) is 11.1 Å². The molecule has 2 rings (SSSR count). The van der Waals surface area contributed by atoms with E-state index in [0.29, 0.717) is 11.6 Å². The van der Waals surface area contributed by atoms with Gasteiger partial charge in [-0.25, -0.2) is 0 Å². The van der Waals surface area contributed by atoms with Gasteiger partial charge in [-0.1, -0.05) is 29.8 Å². The fourth-order valence-corrected chi connectivity index (χ4v) is 2.74. The van der Waals surface area contributed by atoms with E-state index in [-0.39, 0.29) is 12.0 Å². The molecule has 110 valence electrons. The first-order chi connectivity index (χ1) is 10.2. The molecule has 1 N–H and O–H groups in total. The van der Waals surface area contributed by atoms with Crippen molar-refractivity contribution in [1.82, 2.24) is 5.32 Å². The van der Waals surface area contributed by atoms with E-state index in [1.807, 2.05) is 35.0 Å². The van der Waals surface area contributed by atoms with Gasteiger partial charge in [-0.2, -0.15) is 11.3 Å². The molecule has 0 saturated carbocycles. The number of thiophene rings is 1. The number of hydrogen-bond acceptors (Lipinski definition) is 3. The lowest BCUT2D eigenvalue weighted by Gasteiger charge is -2.17. The number of carbonyl (C=O) groups is 1. The van der Waals surface area contributed by atoms with Crippen LogP contribution in [0, 0.1) is 0 Å². The van der Waals surface area contributed by atoms with Gasteiger partial charge >= 0.3 is 0 Å². The van der Waals surface area contributed by atoms with Gasteiger partial charge in [0.15, 0.2) is 0 Å². The summed E-state index contributed by atoms with van der Waals surface area (Å²) in [5.74, 6) is -0.157. The molecule has 1 unspecified atom stereocenters. The molecule has 0 aliphatic heterocycles. The molecule has 0 spiro atoms.